The smallest absolute Gasteiger partial charge is 0.241 e. The van der Waals surface area contributed by atoms with Crippen LogP contribution in [0.15, 0.2) is 12.4 Å². The van der Waals surface area contributed by atoms with Gasteiger partial charge in [0.15, 0.2) is 0 Å². The van der Waals surface area contributed by atoms with Crippen molar-refractivity contribution in [2.24, 2.45) is 0 Å². The lowest BCUT2D eigenvalue weighted by atomic mass is 10.1. The second-order valence-corrected chi connectivity index (χ2v) is 6.90. The number of aromatic nitrogens is 2. The highest BCUT2D eigenvalue weighted by atomic mass is 16.5. The number of anilines is 1. The third-order valence-corrected chi connectivity index (χ3v) is 4.96. The molecule has 0 bridgehead atoms. The topological polar surface area (TPSA) is 87.7 Å². The van der Waals surface area contributed by atoms with Gasteiger partial charge < -0.3 is 19.9 Å². The highest BCUT2D eigenvalue weighted by molar-refractivity contribution is 5.85. The van der Waals surface area contributed by atoms with Crippen molar-refractivity contribution in [1.82, 2.24) is 19.8 Å². The van der Waals surface area contributed by atoms with E-state index in [9.17, 15) is 9.59 Å². The first kappa shape index (κ1) is 18.6. The van der Waals surface area contributed by atoms with Gasteiger partial charge in [0, 0.05) is 51.7 Å². The highest BCUT2D eigenvalue weighted by Gasteiger charge is 2.22. The predicted octanol–water partition coefficient (Wildman–Crippen LogP) is 0.863. The highest BCUT2D eigenvalue weighted by Crippen LogP contribution is 2.24. The van der Waals surface area contributed by atoms with Crippen molar-refractivity contribution in [3.05, 3.63) is 18.1 Å². The van der Waals surface area contributed by atoms with E-state index in [0.29, 0.717) is 38.6 Å². The summed E-state index contributed by atoms with van der Waals surface area (Å²) in [6.45, 7) is 3.49. The molecular formula is C18H27N5O3. The van der Waals surface area contributed by atoms with E-state index in [1.807, 2.05) is 6.07 Å². The van der Waals surface area contributed by atoms with Gasteiger partial charge in [-0.25, -0.2) is 9.97 Å². The van der Waals surface area contributed by atoms with Crippen molar-refractivity contribution in [2.45, 2.75) is 31.6 Å². The summed E-state index contributed by atoms with van der Waals surface area (Å²) in [6, 6.07) is 1.95. The van der Waals surface area contributed by atoms with Crippen molar-refractivity contribution in [3.63, 3.8) is 0 Å². The third kappa shape index (κ3) is 4.91. The minimum Gasteiger partial charge on any atom is -0.381 e. The molecule has 2 fully saturated rings. The number of hydrogen-bond acceptors (Lipinski definition) is 6. The summed E-state index contributed by atoms with van der Waals surface area (Å²) in [6.07, 6.45) is 5.01. The van der Waals surface area contributed by atoms with E-state index in [2.05, 4.69) is 15.3 Å². The largest absolute Gasteiger partial charge is 0.381 e. The number of ether oxygens (including phenoxy) is 1. The third-order valence-electron chi connectivity index (χ3n) is 4.96. The van der Waals surface area contributed by atoms with Gasteiger partial charge >= 0.3 is 0 Å². The average Bonchev–Trinajstić information content (AvgIpc) is 3.18. The molecule has 2 aliphatic rings. The van der Waals surface area contributed by atoms with Crippen LogP contribution in [0.2, 0.25) is 0 Å². The number of likely N-dealkylation sites (tertiary alicyclic amines) is 1. The van der Waals surface area contributed by atoms with E-state index in [0.717, 1.165) is 37.4 Å². The fraction of sp³-hybridized carbons (Fsp3) is 0.667. The Balaban J connectivity index is 1.43. The van der Waals surface area contributed by atoms with Crippen LogP contribution in [0, 0.1) is 0 Å². The van der Waals surface area contributed by atoms with Crippen LogP contribution < -0.4 is 5.32 Å². The summed E-state index contributed by atoms with van der Waals surface area (Å²) >= 11 is 0. The summed E-state index contributed by atoms with van der Waals surface area (Å²) in [4.78, 5) is 36.0. The molecule has 0 aromatic carbocycles. The van der Waals surface area contributed by atoms with Gasteiger partial charge in [-0.05, 0) is 19.3 Å². The van der Waals surface area contributed by atoms with Gasteiger partial charge in [0.2, 0.25) is 11.8 Å². The lowest BCUT2D eigenvalue weighted by Crippen LogP contribution is -2.44. The maximum absolute atomic E-state index is 12.3. The molecule has 8 heteroatoms. The molecule has 1 atom stereocenters. The molecule has 3 heterocycles. The normalized spacial score (nSPS) is 20.3. The molecule has 1 aromatic rings. The van der Waals surface area contributed by atoms with Gasteiger partial charge in [0.05, 0.1) is 18.8 Å². The first-order valence-corrected chi connectivity index (χ1v) is 9.29. The summed E-state index contributed by atoms with van der Waals surface area (Å²) < 4.78 is 5.41. The molecule has 3 rings (SSSR count). The molecule has 0 radical (unpaired) electrons. The zero-order valence-corrected chi connectivity index (χ0v) is 15.3. The monoisotopic (exact) mass is 361 g/mol. The summed E-state index contributed by atoms with van der Waals surface area (Å²) in [5.41, 5.74) is 0.994. The van der Waals surface area contributed by atoms with E-state index >= 15 is 0 Å². The van der Waals surface area contributed by atoms with Crippen LogP contribution in [-0.2, 0) is 14.3 Å². The van der Waals surface area contributed by atoms with E-state index in [-0.39, 0.29) is 18.4 Å². The van der Waals surface area contributed by atoms with E-state index in [1.165, 1.54) is 0 Å². The molecule has 1 aromatic heterocycles. The molecule has 0 saturated carbocycles. The Hall–Kier alpha value is -2.22. The Morgan fingerprint density at radius 1 is 1.42 bits per heavy atom. The summed E-state index contributed by atoms with van der Waals surface area (Å²) in [5.74, 6) is 1.15. The number of nitrogens with one attached hydrogen (secondary N) is 1. The van der Waals surface area contributed by atoms with Gasteiger partial charge in [0.1, 0.15) is 12.1 Å². The van der Waals surface area contributed by atoms with E-state index in [1.54, 1.807) is 23.2 Å². The van der Waals surface area contributed by atoms with E-state index < -0.39 is 0 Å². The zero-order chi connectivity index (χ0) is 18.4. The van der Waals surface area contributed by atoms with Crippen LogP contribution in [0.3, 0.4) is 0 Å². The molecule has 0 unspecified atom stereocenters. The summed E-state index contributed by atoms with van der Waals surface area (Å²) in [5, 5.41) is 3.24. The first-order chi connectivity index (χ1) is 12.6. The van der Waals surface area contributed by atoms with Gasteiger partial charge in [-0.1, -0.05) is 0 Å². The van der Waals surface area contributed by atoms with Crippen LogP contribution in [0.1, 0.15) is 37.3 Å². The number of rotatable bonds is 7. The molecule has 8 nitrogen and oxygen atoms in total. The Morgan fingerprint density at radius 3 is 3.08 bits per heavy atom. The van der Waals surface area contributed by atoms with Crippen LogP contribution in [-0.4, -0.2) is 78.0 Å². The van der Waals surface area contributed by atoms with Crippen molar-refractivity contribution in [1.29, 1.82) is 0 Å². The number of piperidine rings is 1. The zero-order valence-electron chi connectivity index (χ0n) is 15.3. The first-order valence-electron chi connectivity index (χ1n) is 9.29. The molecule has 0 spiro atoms. The fourth-order valence-corrected chi connectivity index (χ4v) is 3.25. The molecule has 2 saturated heterocycles. The second-order valence-electron chi connectivity index (χ2n) is 6.90. The predicted molar refractivity (Wildman–Crippen MR) is 96.8 cm³/mol. The van der Waals surface area contributed by atoms with Gasteiger partial charge in [-0.2, -0.15) is 0 Å². The van der Waals surface area contributed by atoms with Gasteiger partial charge in [-0.15, -0.1) is 0 Å². The average molecular weight is 361 g/mol. The van der Waals surface area contributed by atoms with Crippen molar-refractivity contribution < 1.29 is 14.3 Å². The molecule has 0 aliphatic carbocycles. The number of amides is 2. The molecule has 142 valence electrons. The number of carbonyl (C=O) groups excluding carboxylic acids is 2. The van der Waals surface area contributed by atoms with Gasteiger partial charge in [-0.3, -0.25) is 9.59 Å². The fourth-order valence-electron chi connectivity index (χ4n) is 3.25. The van der Waals surface area contributed by atoms with Gasteiger partial charge in [0.25, 0.3) is 0 Å². The number of hydrogen-bond donors (Lipinski definition) is 1. The standard InChI is InChI=1S/C18H27N5O3/c1-22(18(25)11-23-7-3-2-4-17(23)24)8-6-19-16-10-15(20-13-21-16)14-5-9-26-12-14/h10,13-14H,2-9,11-12H2,1H3,(H,19,20,21)/t14-/m1/s1. The van der Waals surface area contributed by atoms with Crippen LogP contribution in [0.5, 0.6) is 0 Å². The van der Waals surface area contributed by atoms with Crippen molar-refractivity contribution in [2.75, 3.05) is 51.8 Å². The minimum atomic E-state index is -0.0338. The maximum Gasteiger partial charge on any atom is 0.241 e. The quantitative estimate of drug-likeness (QED) is 0.775. The Kier molecular flexibility index (Phi) is 6.38. The Bertz CT molecular complexity index is 633. The molecule has 2 amide bonds. The second kappa shape index (κ2) is 8.93. The molecule has 26 heavy (non-hydrogen) atoms. The van der Waals surface area contributed by atoms with Crippen molar-refractivity contribution >= 4 is 17.6 Å². The van der Waals surface area contributed by atoms with E-state index in [4.69, 9.17) is 4.74 Å². The molecule has 2 aliphatic heterocycles. The maximum atomic E-state index is 12.3. The van der Waals surface area contributed by atoms with Crippen LogP contribution in [0.25, 0.3) is 0 Å². The number of nitrogens with zero attached hydrogens (tertiary/aromatic N) is 4. The minimum absolute atomic E-state index is 0.0338. The van der Waals surface area contributed by atoms with Crippen molar-refractivity contribution in [3.8, 4) is 0 Å². The summed E-state index contributed by atoms with van der Waals surface area (Å²) in [7, 11) is 1.76. The lowest BCUT2D eigenvalue weighted by Gasteiger charge is -2.28. The Morgan fingerprint density at radius 2 is 2.31 bits per heavy atom. The molecular weight excluding hydrogens is 334 g/mol. The number of carbonyl (C=O) groups is 2. The lowest BCUT2D eigenvalue weighted by molar-refractivity contribution is -0.141. The SMILES string of the molecule is CN(CCNc1cc([C@@H]2CCOC2)ncn1)C(=O)CN1CCCCC1=O. The molecule has 1 N–H and O–H groups in total. The number of likely N-dealkylation sites (N-methyl/N-ethyl adjacent to an activating group) is 1. The van der Waals surface area contributed by atoms with Crippen LogP contribution >= 0.6 is 0 Å². The Labute approximate surface area is 153 Å². The van der Waals surface area contributed by atoms with Crippen LogP contribution in [0.4, 0.5) is 5.82 Å².